The number of benzene rings is 2. The maximum atomic E-state index is 12.2. The van der Waals surface area contributed by atoms with Crippen LogP contribution in [0.15, 0.2) is 47.4 Å². The summed E-state index contributed by atoms with van der Waals surface area (Å²) in [4.78, 5) is 34.2. The van der Waals surface area contributed by atoms with E-state index in [1.165, 1.54) is 12.1 Å². The molecule has 0 aliphatic heterocycles. The third-order valence-corrected chi connectivity index (χ3v) is 4.45. The summed E-state index contributed by atoms with van der Waals surface area (Å²) in [6, 6.07) is 11.1. The number of methoxy groups -OCH3 is 1. The number of nitrogens with one attached hydrogen (secondary N) is 1. The molecule has 0 bridgehead atoms. The molecule has 26 heavy (non-hydrogen) atoms. The Balaban J connectivity index is 2.08. The van der Waals surface area contributed by atoms with Crippen molar-refractivity contribution in [2.45, 2.75) is 11.5 Å². The van der Waals surface area contributed by atoms with E-state index in [0.717, 1.165) is 23.4 Å². The van der Waals surface area contributed by atoms with Gasteiger partial charge in [0.1, 0.15) is 0 Å². The molecule has 2 rings (SSSR count). The molecule has 0 atom stereocenters. The maximum Gasteiger partial charge on any atom is 0.283 e. The van der Waals surface area contributed by atoms with Crippen molar-refractivity contribution in [2.24, 2.45) is 5.73 Å². The number of hydrogen-bond acceptors (Lipinski definition) is 6. The summed E-state index contributed by atoms with van der Waals surface area (Å²) in [5.74, 6) is -1.10. The Hall–Kier alpha value is -2.91. The van der Waals surface area contributed by atoms with Gasteiger partial charge in [-0.05, 0) is 18.2 Å². The highest BCUT2D eigenvalue weighted by Gasteiger charge is 2.18. The molecule has 3 N–H and O–H groups in total. The first-order valence-electron chi connectivity index (χ1n) is 7.50. The van der Waals surface area contributed by atoms with Gasteiger partial charge in [-0.2, -0.15) is 0 Å². The van der Waals surface area contributed by atoms with E-state index < -0.39 is 10.8 Å². The molecule has 0 saturated carbocycles. The van der Waals surface area contributed by atoms with Gasteiger partial charge in [-0.3, -0.25) is 19.7 Å². The molecule has 0 aromatic heterocycles. The molecule has 0 spiro atoms. The third-order valence-electron chi connectivity index (χ3n) is 3.39. The number of rotatable bonds is 8. The summed E-state index contributed by atoms with van der Waals surface area (Å²) < 4.78 is 5.08. The molecular weight excluding hydrogens is 358 g/mol. The highest BCUT2D eigenvalue weighted by atomic mass is 32.2. The van der Waals surface area contributed by atoms with E-state index in [9.17, 15) is 19.7 Å². The van der Waals surface area contributed by atoms with Crippen LogP contribution in [0.4, 0.5) is 11.4 Å². The molecule has 0 unspecified atom stereocenters. The molecule has 0 fully saturated rings. The highest BCUT2D eigenvalue weighted by molar-refractivity contribution is 8.00. The lowest BCUT2D eigenvalue weighted by atomic mass is 10.2. The van der Waals surface area contributed by atoms with Gasteiger partial charge in [0.05, 0.1) is 22.2 Å². The molecule has 2 aromatic carbocycles. The van der Waals surface area contributed by atoms with Crippen LogP contribution < -0.4 is 11.1 Å². The summed E-state index contributed by atoms with van der Waals surface area (Å²) in [6.07, 6.45) is 0. The zero-order chi connectivity index (χ0) is 19.1. The number of hydrogen-bond donors (Lipinski definition) is 2. The Morgan fingerprint density at radius 1 is 1.27 bits per heavy atom. The topological polar surface area (TPSA) is 125 Å². The maximum absolute atomic E-state index is 12.2. The van der Waals surface area contributed by atoms with Gasteiger partial charge in [0.15, 0.2) is 0 Å². The van der Waals surface area contributed by atoms with Crippen molar-refractivity contribution < 1.29 is 19.2 Å². The number of nitro groups is 1. The van der Waals surface area contributed by atoms with E-state index in [4.69, 9.17) is 10.5 Å². The van der Waals surface area contributed by atoms with Gasteiger partial charge < -0.3 is 15.8 Å². The van der Waals surface area contributed by atoms with Crippen LogP contribution in [0.1, 0.15) is 15.9 Å². The zero-order valence-electron chi connectivity index (χ0n) is 13.9. The quantitative estimate of drug-likeness (QED) is 0.415. The average Bonchev–Trinajstić information content (AvgIpc) is 2.61. The summed E-state index contributed by atoms with van der Waals surface area (Å²) in [5.41, 5.74) is 6.36. The number of primary amides is 1. The van der Waals surface area contributed by atoms with E-state index in [0.29, 0.717) is 12.3 Å². The van der Waals surface area contributed by atoms with Crippen LogP contribution in [0.2, 0.25) is 0 Å². The van der Waals surface area contributed by atoms with Crippen LogP contribution in [0.3, 0.4) is 0 Å². The second-order valence-corrected chi connectivity index (χ2v) is 6.25. The SMILES string of the molecule is COCc1ccccc1NC(=O)CSc1ccc(C(N)=O)cc1[N+](=O)[O-]. The molecule has 136 valence electrons. The van der Waals surface area contributed by atoms with Gasteiger partial charge in [-0.15, -0.1) is 11.8 Å². The minimum Gasteiger partial charge on any atom is -0.380 e. The fourth-order valence-corrected chi connectivity index (χ4v) is 2.99. The van der Waals surface area contributed by atoms with E-state index in [2.05, 4.69) is 5.32 Å². The summed E-state index contributed by atoms with van der Waals surface area (Å²) in [6.45, 7) is 0.351. The van der Waals surface area contributed by atoms with E-state index in [1.54, 1.807) is 19.2 Å². The predicted octanol–water partition coefficient (Wildman–Crippen LogP) is 2.57. The van der Waals surface area contributed by atoms with E-state index in [-0.39, 0.29) is 27.8 Å². The lowest BCUT2D eigenvalue weighted by Gasteiger charge is -2.10. The number of thioether (sulfide) groups is 1. The Morgan fingerprint density at radius 3 is 2.65 bits per heavy atom. The second-order valence-electron chi connectivity index (χ2n) is 5.23. The number of anilines is 1. The molecule has 2 aromatic rings. The first-order chi connectivity index (χ1) is 12.4. The normalized spacial score (nSPS) is 10.3. The number of nitro benzene ring substituents is 1. The number of amides is 2. The second kappa shape index (κ2) is 8.97. The number of nitrogens with two attached hydrogens (primary N) is 1. The molecule has 0 aliphatic carbocycles. The molecule has 0 radical (unpaired) electrons. The highest BCUT2D eigenvalue weighted by Crippen LogP contribution is 2.30. The van der Waals surface area contributed by atoms with Crippen LogP contribution >= 0.6 is 11.8 Å². The Labute approximate surface area is 153 Å². The van der Waals surface area contributed by atoms with Crippen LogP contribution in [0.25, 0.3) is 0 Å². The van der Waals surface area contributed by atoms with Crippen molar-refractivity contribution in [1.29, 1.82) is 0 Å². The van der Waals surface area contributed by atoms with Gasteiger partial charge in [0.2, 0.25) is 11.8 Å². The van der Waals surface area contributed by atoms with Gasteiger partial charge in [-0.25, -0.2) is 0 Å². The summed E-state index contributed by atoms with van der Waals surface area (Å²) >= 11 is 1.01. The minimum absolute atomic E-state index is 0.0297. The van der Waals surface area contributed by atoms with Crippen molar-refractivity contribution in [3.05, 3.63) is 63.7 Å². The number of carbonyl (C=O) groups is 2. The van der Waals surface area contributed by atoms with Gasteiger partial charge in [0, 0.05) is 30.0 Å². The molecule has 8 nitrogen and oxygen atoms in total. The predicted molar refractivity (Wildman–Crippen MR) is 98.1 cm³/mol. The van der Waals surface area contributed by atoms with Crippen molar-refractivity contribution in [3.63, 3.8) is 0 Å². The summed E-state index contributed by atoms with van der Waals surface area (Å²) in [7, 11) is 1.56. The molecule has 9 heteroatoms. The van der Waals surface area contributed by atoms with Crippen molar-refractivity contribution in [2.75, 3.05) is 18.2 Å². The number of nitrogens with zero attached hydrogens (tertiary/aromatic N) is 1. The largest absolute Gasteiger partial charge is 0.380 e. The molecule has 0 aliphatic rings. The van der Waals surface area contributed by atoms with Crippen molar-refractivity contribution in [3.8, 4) is 0 Å². The monoisotopic (exact) mass is 375 g/mol. The lowest BCUT2D eigenvalue weighted by molar-refractivity contribution is -0.387. The zero-order valence-corrected chi connectivity index (χ0v) is 14.7. The Morgan fingerprint density at radius 2 is 2.00 bits per heavy atom. The Kier molecular flexibility index (Phi) is 6.70. The Bertz CT molecular complexity index is 841. The van der Waals surface area contributed by atoms with E-state index >= 15 is 0 Å². The van der Waals surface area contributed by atoms with Crippen LogP contribution in [0, 0.1) is 10.1 Å². The minimum atomic E-state index is -0.753. The average molecular weight is 375 g/mol. The molecular formula is C17H17N3O5S. The third kappa shape index (κ3) is 5.04. The fraction of sp³-hybridized carbons (Fsp3) is 0.176. The molecule has 2 amide bonds. The van der Waals surface area contributed by atoms with Gasteiger partial charge in [0.25, 0.3) is 5.69 Å². The first kappa shape index (κ1) is 19.4. The standard InChI is InChI=1S/C17H17N3O5S/c1-25-9-12-4-2-3-5-13(12)19-16(21)10-26-15-7-6-11(17(18)22)8-14(15)20(23)24/h2-8H,9-10H2,1H3,(H2,18,22)(H,19,21). The summed E-state index contributed by atoms with van der Waals surface area (Å²) in [5, 5.41) is 13.9. The number of ether oxygens (including phenoxy) is 1. The smallest absolute Gasteiger partial charge is 0.283 e. The van der Waals surface area contributed by atoms with E-state index in [1.807, 2.05) is 12.1 Å². The van der Waals surface area contributed by atoms with Crippen LogP contribution in [-0.4, -0.2) is 29.6 Å². The number of para-hydroxylation sites is 1. The molecule has 0 saturated heterocycles. The van der Waals surface area contributed by atoms with Gasteiger partial charge in [-0.1, -0.05) is 18.2 Å². The molecule has 0 heterocycles. The van der Waals surface area contributed by atoms with Crippen molar-refractivity contribution in [1.82, 2.24) is 0 Å². The van der Waals surface area contributed by atoms with Crippen molar-refractivity contribution >= 4 is 35.0 Å². The van der Waals surface area contributed by atoms with Crippen LogP contribution in [-0.2, 0) is 16.1 Å². The van der Waals surface area contributed by atoms with Crippen LogP contribution in [0.5, 0.6) is 0 Å². The lowest BCUT2D eigenvalue weighted by Crippen LogP contribution is -2.15. The number of carbonyl (C=O) groups excluding carboxylic acids is 2. The van der Waals surface area contributed by atoms with Gasteiger partial charge >= 0.3 is 0 Å². The fourth-order valence-electron chi connectivity index (χ4n) is 2.19. The first-order valence-corrected chi connectivity index (χ1v) is 8.48.